The number of carbonyl (C=O) groups is 1. The molecule has 0 unspecified atom stereocenters. The van der Waals surface area contributed by atoms with Crippen LogP contribution in [-0.4, -0.2) is 30.8 Å². The van der Waals surface area contributed by atoms with E-state index in [9.17, 15) is 4.79 Å². The Kier molecular flexibility index (Phi) is 2.73. The van der Waals surface area contributed by atoms with Gasteiger partial charge in [-0.1, -0.05) is 0 Å². The van der Waals surface area contributed by atoms with Gasteiger partial charge in [-0.2, -0.15) is 5.10 Å². The van der Waals surface area contributed by atoms with Gasteiger partial charge < -0.3 is 10.8 Å². The summed E-state index contributed by atoms with van der Waals surface area (Å²) in [6.45, 7) is 0. The molecule has 8 heteroatoms. The van der Waals surface area contributed by atoms with E-state index in [0.717, 1.165) is 3.57 Å². The fourth-order valence-electron chi connectivity index (χ4n) is 1.14. The quantitative estimate of drug-likeness (QED) is 0.778. The molecule has 2 heterocycles. The van der Waals surface area contributed by atoms with Crippen molar-refractivity contribution >= 4 is 34.2 Å². The molecule has 3 N–H and O–H groups in total. The number of nitrogen functional groups attached to an aromatic ring is 1. The van der Waals surface area contributed by atoms with Crippen LogP contribution in [-0.2, 0) is 0 Å². The minimum absolute atomic E-state index is 0.0990. The van der Waals surface area contributed by atoms with Gasteiger partial charge >= 0.3 is 5.97 Å². The van der Waals surface area contributed by atoms with Crippen LogP contribution >= 0.6 is 22.6 Å². The summed E-state index contributed by atoms with van der Waals surface area (Å²) in [4.78, 5) is 18.6. The molecule has 0 saturated carbocycles. The van der Waals surface area contributed by atoms with E-state index >= 15 is 0 Å². The lowest BCUT2D eigenvalue weighted by molar-refractivity contribution is 0.0691. The molecule has 0 aromatic carbocycles. The summed E-state index contributed by atoms with van der Waals surface area (Å²) in [6.07, 6.45) is 4.37. The molecule has 0 atom stereocenters. The van der Waals surface area contributed by atoms with Crippen LogP contribution in [0, 0.1) is 3.57 Å². The number of aromatic nitrogens is 4. The molecule has 0 aliphatic heterocycles. The van der Waals surface area contributed by atoms with Crippen LogP contribution in [0.4, 0.5) is 5.69 Å². The zero-order valence-corrected chi connectivity index (χ0v) is 9.99. The number of hydrogen-bond donors (Lipinski definition) is 2. The van der Waals surface area contributed by atoms with Gasteiger partial charge in [0.05, 0.1) is 15.5 Å². The van der Waals surface area contributed by atoms with Gasteiger partial charge in [-0.15, -0.1) is 0 Å². The van der Waals surface area contributed by atoms with Gasteiger partial charge in [-0.3, -0.25) is 0 Å². The number of nitrogens with zero attached hydrogens (tertiary/aromatic N) is 4. The average Bonchev–Trinajstić information content (AvgIpc) is 2.61. The highest BCUT2D eigenvalue weighted by molar-refractivity contribution is 14.1. The predicted octanol–water partition coefficient (Wildman–Crippen LogP) is 0.547. The number of carboxylic acid groups (broad SMARTS) is 1. The molecule has 0 bridgehead atoms. The van der Waals surface area contributed by atoms with Crippen LogP contribution in [0.5, 0.6) is 0 Å². The number of hydrogen-bond acceptors (Lipinski definition) is 5. The molecule has 0 spiro atoms. The Morgan fingerprint density at radius 3 is 2.88 bits per heavy atom. The number of nitrogens with two attached hydrogens (primary N) is 1. The molecular formula is C8H6IN5O2. The Hall–Kier alpha value is -1.71. The standard InChI is InChI=1S/C8H6IN5O2/c9-4-1-11-3-12-7(4)14-2-5(10)6(13-14)8(15)16/h1-3H,10H2,(H,15,16). The lowest BCUT2D eigenvalue weighted by Gasteiger charge is -2.00. The van der Waals surface area contributed by atoms with Crippen molar-refractivity contribution in [3.63, 3.8) is 0 Å². The molecule has 2 aromatic heterocycles. The van der Waals surface area contributed by atoms with Gasteiger partial charge in [0.15, 0.2) is 11.5 Å². The van der Waals surface area contributed by atoms with E-state index in [4.69, 9.17) is 10.8 Å². The normalized spacial score (nSPS) is 10.3. The van der Waals surface area contributed by atoms with E-state index in [-0.39, 0.29) is 11.4 Å². The summed E-state index contributed by atoms with van der Waals surface area (Å²) < 4.78 is 2.07. The van der Waals surface area contributed by atoms with E-state index in [1.54, 1.807) is 6.20 Å². The molecule has 7 nitrogen and oxygen atoms in total. The van der Waals surface area contributed by atoms with Crippen molar-refractivity contribution in [2.45, 2.75) is 0 Å². The second-order valence-corrected chi connectivity index (χ2v) is 4.04. The number of halogens is 1. The number of rotatable bonds is 2. The first-order valence-corrected chi connectivity index (χ1v) is 5.22. The second-order valence-electron chi connectivity index (χ2n) is 2.88. The van der Waals surface area contributed by atoms with Gasteiger partial charge in [0.2, 0.25) is 0 Å². The Morgan fingerprint density at radius 1 is 1.56 bits per heavy atom. The van der Waals surface area contributed by atoms with Crippen molar-refractivity contribution in [1.29, 1.82) is 0 Å². The third-order valence-corrected chi connectivity index (χ3v) is 2.57. The molecule has 82 valence electrons. The molecule has 0 saturated heterocycles. The zero-order chi connectivity index (χ0) is 11.7. The van der Waals surface area contributed by atoms with E-state index in [0.29, 0.717) is 5.82 Å². The molecule has 0 amide bonds. The van der Waals surface area contributed by atoms with Crippen molar-refractivity contribution in [3.05, 3.63) is 28.0 Å². The van der Waals surface area contributed by atoms with Gasteiger partial charge in [0, 0.05) is 6.20 Å². The third-order valence-electron chi connectivity index (χ3n) is 1.81. The molecule has 0 aliphatic rings. The first kappa shape index (κ1) is 10.8. The molecule has 16 heavy (non-hydrogen) atoms. The van der Waals surface area contributed by atoms with E-state index in [1.807, 2.05) is 22.6 Å². The highest BCUT2D eigenvalue weighted by Gasteiger charge is 2.15. The molecule has 2 rings (SSSR count). The number of anilines is 1. The Balaban J connectivity index is 2.54. The topological polar surface area (TPSA) is 107 Å². The lowest BCUT2D eigenvalue weighted by Crippen LogP contribution is -2.05. The summed E-state index contributed by atoms with van der Waals surface area (Å²) in [5.74, 6) is -0.671. The summed E-state index contributed by atoms with van der Waals surface area (Å²) in [6, 6.07) is 0. The largest absolute Gasteiger partial charge is 0.476 e. The molecular weight excluding hydrogens is 325 g/mol. The highest BCUT2D eigenvalue weighted by atomic mass is 127. The zero-order valence-electron chi connectivity index (χ0n) is 7.83. The Bertz CT molecular complexity index is 553. The van der Waals surface area contributed by atoms with Crippen molar-refractivity contribution < 1.29 is 9.90 Å². The summed E-state index contributed by atoms with van der Waals surface area (Å²) in [5, 5.41) is 12.6. The van der Waals surface area contributed by atoms with Gasteiger partial charge in [-0.05, 0) is 22.6 Å². The predicted molar refractivity (Wildman–Crippen MR) is 63.2 cm³/mol. The first-order valence-electron chi connectivity index (χ1n) is 4.14. The van der Waals surface area contributed by atoms with Crippen LogP contribution in [0.15, 0.2) is 18.7 Å². The number of carboxylic acids is 1. The van der Waals surface area contributed by atoms with Crippen molar-refractivity contribution in [1.82, 2.24) is 19.7 Å². The van der Waals surface area contributed by atoms with Crippen LogP contribution < -0.4 is 5.73 Å². The Labute approximate surface area is 103 Å². The van der Waals surface area contributed by atoms with Crippen molar-refractivity contribution in [2.75, 3.05) is 5.73 Å². The monoisotopic (exact) mass is 331 g/mol. The summed E-state index contributed by atoms with van der Waals surface area (Å²) in [5.41, 5.74) is 5.43. The maximum Gasteiger partial charge on any atom is 0.358 e. The van der Waals surface area contributed by atoms with Crippen LogP contribution in [0.25, 0.3) is 5.82 Å². The average molecular weight is 331 g/mol. The fourth-order valence-corrected chi connectivity index (χ4v) is 1.68. The molecule has 2 aromatic rings. The molecule has 0 aliphatic carbocycles. The number of aromatic carboxylic acids is 1. The lowest BCUT2D eigenvalue weighted by atomic mass is 10.4. The SMILES string of the molecule is Nc1cn(-c2ncncc2I)nc1C(=O)O. The maximum atomic E-state index is 10.8. The van der Waals surface area contributed by atoms with Crippen molar-refractivity contribution in [2.24, 2.45) is 0 Å². The third kappa shape index (κ3) is 1.83. The molecule has 0 fully saturated rings. The maximum absolute atomic E-state index is 10.8. The van der Waals surface area contributed by atoms with E-state index < -0.39 is 5.97 Å². The molecule has 0 radical (unpaired) electrons. The summed E-state index contributed by atoms with van der Waals surface area (Å²) in [7, 11) is 0. The van der Waals surface area contributed by atoms with Gasteiger partial charge in [0.25, 0.3) is 0 Å². The van der Waals surface area contributed by atoms with Crippen LogP contribution in [0.2, 0.25) is 0 Å². The smallest absolute Gasteiger partial charge is 0.358 e. The Morgan fingerprint density at radius 2 is 2.31 bits per heavy atom. The summed E-state index contributed by atoms with van der Waals surface area (Å²) >= 11 is 2.03. The fraction of sp³-hybridized carbons (Fsp3) is 0. The highest BCUT2D eigenvalue weighted by Crippen LogP contribution is 2.16. The minimum Gasteiger partial charge on any atom is -0.476 e. The first-order chi connectivity index (χ1) is 7.59. The van der Waals surface area contributed by atoms with Crippen molar-refractivity contribution in [3.8, 4) is 5.82 Å². The van der Waals surface area contributed by atoms with E-state index in [2.05, 4.69) is 15.1 Å². The van der Waals surface area contributed by atoms with E-state index in [1.165, 1.54) is 17.2 Å². The van der Waals surface area contributed by atoms with Gasteiger partial charge in [-0.25, -0.2) is 19.4 Å². The second kappa shape index (κ2) is 4.04. The van der Waals surface area contributed by atoms with Gasteiger partial charge in [0.1, 0.15) is 6.33 Å². The minimum atomic E-state index is -1.17. The van der Waals surface area contributed by atoms with Crippen LogP contribution in [0.3, 0.4) is 0 Å². The van der Waals surface area contributed by atoms with Crippen LogP contribution in [0.1, 0.15) is 10.5 Å².